The lowest BCUT2D eigenvalue weighted by atomic mass is 10.1. The van der Waals surface area contributed by atoms with Crippen LogP contribution in [0.4, 0.5) is 5.95 Å². The number of hydrogen-bond donors (Lipinski definition) is 3. The predicted octanol–water partition coefficient (Wildman–Crippen LogP) is 2.42. The van der Waals surface area contributed by atoms with E-state index in [0.29, 0.717) is 6.54 Å². The lowest BCUT2D eigenvalue weighted by Crippen LogP contribution is -2.49. The molecule has 1 atom stereocenters. The fraction of sp³-hybridized carbons (Fsp3) is 0.345. The van der Waals surface area contributed by atoms with E-state index in [2.05, 4.69) is 70.5 Å². The maximum Gasteiger partial charge on any atom is 0.225 e. The van der Waals surface area contributed by atoms with E-state index >= 15 is 0 Å². The zero-order valence-corrected chi connectivity index (χ0v) is 22.4. The first-order valence-electron chi connectivity index (χ1n) is 13.7. The third-order valence-electron chi connectivity index (χ3n) is 7.28. The molecule has 0 unspecified atom stereocenters. The van der Waals surface area contributed by atoms with Crippen molar-refractivity contribution in [3.05, 3.63) is 84.2 Å². The summed E-state index contributed by atoms with van der Waals surface area (Å²) in [6.07, 6.45) is 11.8. The zero-order chi connectivity index (χ0) is 27.1. The van der Waals surface area contributed by atoms with Crippen LogP contribution in [0.1, 0.15) is 16.8 Å². The number of H-pyrrole nitrogens is 1. The summed E-state index contributed by atoms with van der Waals surface area (Å²) < 4.78 is 7.74. The minimum atomic E-state index is 0.130. The molecule has 2 aliphatic rings. The summed E-state index contributed by atoms with van der Waals surface area (Å²) in [5, 5.41) is 15.5. The van der Waals surface area contributed by atoms with Gasteiger partial charge in [0.1, 0.15) is 6.34 Å². The third kappa shape index (κ3) is 6.11. The Morgan fingerprint density at radius 2 is 1.88 bits per heavy atom. The first-order chi connectivity index (χ1) is 19.7. The van der Waals surface area contributed by atoms with Crippen molar-refractivity contribution < 1.29 is 4.74 Å². The average molecular weight is 539 g/mol. The molecule has 206 valence electrons. The molecule has 0 spiro atoms. The van der Waals surface area contributed by atoms with Crippen LogP contribution in [0.3, 0.4) is 0 Å². The normalized spacial score (nSPS) is 18.2. The molecule has 0 aliphatic carbocycles. The Kier molecular flexibility index (Phi) is 7.92. The van der Waals surface area contributed by atoms with Crippen LogP contribution in [0.2, 0.25) is 0 Å². The van der Waals surface area contributed by atoms with Gasteiger partial charge < -0.3 is 24.8 Å². The Hall–Kier alpha value is -4.35. The Bertz CT molecular complexity index is 1410. The first-order valence-corrected chi connectivity index (χ1v) is 13.7. The number of hydrogen-bond acceptors (Lipinski definition) is 7. The van der Waals surface area contributed by atoms with Crippen molar-refractivity contribution in [3.63, 3.8) is 0 Å². The third-order valence-corrected chi connectivity index (χ3v) is 7.28. The monoisotopic (exact) mass is 538 g/mol. The van der Waals surface area contributed by atoms with Gasteiger partial charge in [0.15, 0.2) is 5.84 Å². The number of amidine groups is 1. The summed E-state index contributed by atoms with van der Waals surface area (Å²) >= 11 is 0. The van der Waals surface area contributed by atoms with Gasteiger partial charge in [-0.2, -0.15) is 5.10 Å². The van der Waals surface area contributed by atoms with Crippen LogP contribution in [0.5, 0.6) is 0 Å². The van der Waals surface area contributed by atoms with Crippen LogP contribution in [-0.4, -0.2) is 93.8 Å². The molecular weight excluding hydrogens is 504 g/mol. The van der Waals surface area contributed by atoms with Gasteiger partial charge in [-0.25, -0.2) is 15.0 Å². The highest BCUT2D eigenvalue weighted by Crippen LogP contribution is 2.22. The summed E-state index contributed by atoms with van der Waals surface area (Å²) in [4.78, 5) is 21.5. The van der Waals surface area contributed by atoms with Crippen LogP contribution in [0.25, 0.3) is 11.1 Å². The van der Waals surface area contributed by atoms with Gasteiger partial charge in [0.2, 0.25) is 5.95 Å². The standard InChI is InChI=1S/C29H34N10O/c30-21-35-28(27-13-24(16-32-27)25-17-36-39(19-25)20-26-18-31-6-11-40-26)37-7-9-38(10-8-37)29-33-14-23(15-34-29)12-22-4-2-1-3-5-22/h1-5,13-17,19,21,26,30-32H,6-12,18,20H2/b30-21?,35-28+/t26-/m0/s1. The van der Waals surface area contributed by atoms with Crippen molar-refractivity contribution in [3.8, 4) is 11.1 Å². The lowest BCUT2D eigenvalue weighted by Gasteiger charge is -2.36. The van der Waals surface area contributed by atoms with Crippen LogP contribution in [-0.2, 0) is 17.7 Å². The van der Waals surface area contributed by atoms with Gasteiger partial charge in [-0.05, 0) is 17.2 Å². The molecular formula is C29H34N10O. The number of aromatic nitrogens is 5. The molecule has 4 aromatic rings. The summed E-state index contributed by atoms with van der Waals surface area (Å²) in [7, 11) is 0. The molecule has 40 heavy (non-hydrogen) atoms. The number of morpholine rings is 1. The lowest BCUT2D eigenvalue weighted by molar-refractivity contribution is 0.0161. The second-order valence-corrected chi connectivity index (χ2v) is 10.1. The summed E-state index contributed by atoms with van der Waals surface area (Å²) in [6, 6.07) is 12.4. The highest BCUT2D eigenvalue weighted by Gasteiger charge is 2.23. The minimum Gasteiger partial charge on any atom is -0.374 e. The maximum atomic E-state index is 7.66. The zero-order valence-electron chi connectivity index (χ0n) is 22.4. The Morgan fingerprint density at radius 1 is 1.05 bits per heavy atom. The van der Waals surface area contributed by atoms with E-state index in [-0.39, 0.29) is 6.10 Å². The number of aliphatic imine (C=N–C) groups is 1. The van der Waals surface area contributed by atoms with Crippen LogP contribution >= 0.6 is 0 Å². The van der Waals surface area contributed by atoms with E-state index in [0.717, 1.165) is 92.8 Å². The molecule has 2 fully saturated rings. The second-order valence-electron chi connectivity index (χ2n) is 10.1. The van der Waals surface area contributed by atoms with E-state index in [1.165, 1.54) is 5.56 Å². The van der Waals surface area contributed by atoms with Crippen molar-refractivity contribution >= 4 is 18.1 Å². The number of piperazine rings is 1. The number of anilines is 1. The minimum absolute atomic E-state index is 0.130. The molecule has 2 aliphatic heterocycles. The van der Waals surface area contributed by atoms with E-state index in [4.69, 9.17) is 10.1 Å². The molecule has 0 amide bonds. The molecule has 6 rings (SSSR count). The van der Waals surface area contributed by atoms with Crippen LogP contribution < -0.4 is 10.2 Å². The number of aromatic amines is 1. The van der Waals surface area contributed by atoms with Crippen LogP contribution in [0.15, 0.2) is 72.4 Å². The Morgan fingerprint density at radius 3 is 2.62 bits per heavy atom. The second kappa shape index (κ2) is 12.2. The van der Waals surface area contributed by atoms with Crippen LogP contribution in [0, 0.1) is 5.41 Å². The van der Waals surface area contributed by atoms with Gasteiger partial charge in [0.05, 0.1) is 31.1 Å². The van der Waals surface area contributed by atoms with E-state index < -0.39 is 0 Å². The average Bonchev–Trinajstić information content (AvgIpc) is 3.68. The topological polar surface area (TPSA) is 123 Å². The molecule has 0 radical (unpaired) electrons. The van der Waals surface area contributed by atoms with Gasteiger partial charge >= 0.3 is 0 Å². The number of rotatable bonds is 8. The Labute approximate surface area is 233 Å². The molecule has 0 saturated carbocycles. The SMILES string of the molecule is N=C/N=C(\c1cc(-c2cnn(C[C@@H]3CNCCO3)c2)c[nH]1)N1CCN(c2ncc(Cc3ccccc3)cn2)CC1. The van der Waals surface area contributed by atoms with Gasteiger partial charge in [-0.15, -0.1) is 0 Å². The summed E-state index contributed by atoms with van der Waals surface area (Å²) in [5.74, 6) is 1.50. The Balaban J connectivity index is 1.07. The van der Waals surface area contributed by atoms with Crippen molar-refractivity contribution in [2.45, 2.75) is 19.1 Å². The smallest absolute Gasteiger partial charge is 0.225 e. The van der Waals surface area contributed by atoms with Gasteiger partial charge in [-0.3, -0.25) is 10.1 Å². The van der Waals surface area contributed by atoms with E-state index in [9.17, 15) is 0 Å². The first kappa shape index (κ1) is 25.9. The maximum absolute atomic E-state index is 7.66. The van der Waals surface area contributed by atoms with Crippen molar-refractivity contribution in [1.82, 2.24) is 34.9 Å². The van der Waals surface area contributed by atoms with Crippen molar-refractivity contribution in [2.75, 3.05) is 50.8 Å². The molecule has 3 N–H and O–H groups in total. The number of nitrogens with one attached hydrogen (secondary N) is 3. The van der Waals surface area contributed by atoms with Gasteiger partial charge in [0, 0.05) is 81.6 Å². The highest BCUT2D eigenvalue weighted by molar-refractivity contribution is 6.01. The molecule has 5 heterocycles. The van der Waals surface area contributed by atoms with E-state index in [1.807, 2.05) is 41.7 Å². The molecule has 2 saturated heterocycles. The molecule has 3 aromatic heterocycles. The van der Waals surface area contributed by atoms with Crippen molar-refractivity contribution in [2.24, 2.45) is 4.99 Å². The molecule has 1 aromatic carbocycles. The van der Waals surface area contributed by atoms with E-state index in [1.54, 1.807) is 0 Å². The summed E-state index contributed by atoms with van der Waals surface area (Å²) in [6.45, 7) is 6.24. The highest BCUT2D eigenvalue weighted by atomic mass is 16.5. The quantitative estimate of drug-likeness (QED) is 0.233. The largest absolute Gasteiger partial charge is 0.374 e. The van der Waals surface area contributed by atoms with Crippen molar-refractivity contribution in [1.29, 1.82) is 5.41 Å². The number of ether oxygens (including phenoxy) is 1. The van der Waals surface area contributed by atoms with Gasteiger partial charge in [-0.1, -0.05) is 30.3 Å². The number of nitrogens with zero attached hydrogens (tertiary/aromatic N) is 7. The molecule has 11 nitrogen and oxygen atoms in total. The van der Waals surface area contributed by atoms with Gasteiger partial charge in [0.25, 0.3) is 0 Å². The number of benzene rings is 1. The molecule has 11 heteroatoms. The fourth-order valence-electron chi connectivity index (χ4n) is 5.18. The summed E-state index contributed by atoms with van der Waals surface area (Å²) in [5.41, 5.74) is 5.28. The fourth-order valence-corrected chi connectivity index (χ4v) is 5.18. The predicted molar refractivity (Wildman–Crippen MR) is 155 cm³/mol. The molecule has 0 bridgehead atoms.